The first kappa shape index (κ1) is 17.9. The number of rotatable bonds is 7. The zero-order valence-corrected chi connectivity index (χ0v) is 14.8. The molecule has 1 saturated carbocycles. The van der Waals surface area contributed by atoms with Crippen LogP contribution in [-0.2, 0) is 20.8 Å². The van der Waals surface area contributed by atoms with Gasteiger partial charge in [0, 0.05) is 19.6 Å². The van der Waals surface area contributed by atoms with Gasteiger partial charge in [0.1, 0.15) is 6.10 Å². The molecule has 0 spiro atoms. The van der Waals surface area contributed by atoms with Gasteiger partial charge in [-0.3, -0.25) is 4.90 Å². The summed E-state index contributed by atoms with van der Waals surface area (Å²) in [5.41, 5.74) is 1.79. The van der Waals surface area contributed by atoms with E-state index in [-0.39, 0.29) is 12.1 Å². The molecule has 25 heavy (non-hydrogen) atoms. The second-order valence-electron chi connectivity index (χ2n) is 7.10. The van der Waals surface area contributed by atoms with E-state index in [1.165, 1.54) is 12.8 Å². The molecule has 1 aliphatic carbocycles. The fourth-order valence-electron chi connectivity index (χ4n) is 3.09. The van der Waals surface area contributed by atoms with Crippen LogP contribution in [0.15, 0.2) is 24.3 Å². The van der Waals surface area contributed by atoms with Crippen molar-refractivity contribution in [2.45, 2.75) is 51.4 Å². The maximum absolute atomic E-state index is 12.1. The van der Waals surface area contributed by atoms with Crippen LogP contribution in [0.5, 0.6) is 0 Å². The molecule has 1 aromatic carbocycles. The average molecular weight is 342 g/mol. The van der Waals surface area contributed by atoms with Crippen LogP contribution in [0.25, 0.3) is 0 Å². The summed E-state index contributed by atoms with van der Waals surface area (Å²) in [7, 11) is 0. The van der Waals surface area contributed by atoms with Crippen molar-refractivity contribution in [1.82, 2.24) is 4.90 Å². The van der Waals surface area contributed by atoms with Crippen molar-refractivity contribution in [3.8, 4) is 6.07 Å². The average Bonchev–Trinajstić information content (AvgIpc) is 3.46. The fourth-order valence-corrected chi connectivity index (χ4v) is 3.09. The maximum atomic E-state index is 12.1. The highest BCUT2D eigenvalue weighted by Gasteiger charge is 2.27. The predicted octanol–water partition coefficient (Wildman–Crippen LogP) is 2.88. The first-order chi connectivity index (χ1) is 12.2. The van der Waals surface area contributed by atoms with Crippen molar-refractivity contribution in [2.24, 2.45) is 5.92 Å². The minimum atomic E-state index is -0.471. The Morgan fingerprint density at radius 1 is 1.28 bits per heavy atom. The van der Waals surface area contributed by atoms with E-state index in [1.54, 1.807) is 6.92 Å². The molecule has 3 rings (SSSR count). The number of carbonyl (C=O) groups excluding carboxylic acids is 1. The SMILES string of the molecule is C[C@H](OCC1CC1)C(=O)OC1CCN(Cc2ccccc2C#N)CC1. The Labute approximate surface area is 149 Å². The van der Waals surface area contributed by atoms with E-state index in [2.05, 4.69) is 11.0 Å². The Morgan fingerprint density at radius 2 is 2.00 bits per heavy atom. The molecule has 0 aromatic heterocycles. The molecular weight excluding hydrogens is 316 g/mol. The Kier molecular flexibility index (Phi) is 6.06. The quantitative estimate of drug-likeness (QED) is 0.713. The van der Waals surface area contributed by atoms with Crippen molar-refractivity contribution in [2.75, 3.05) is 19.7 Å². The van der Waals surface area contributed by atoms with Gasteiger partial charge in [-0.2, -0.15) is 5.26 Å². The second kappa shape index (κ2) is 8.46. The van der Waals surface area contributed by atoms with Crippen molar-refractivity contribution < 1.29 is 14.3 Å². The van der Waals surface area contributed by atoms with Crippen molar-refractivity contribution in [3.63, 3.8) is 0 Å². The summed E-state index contributed by atoms with van der Waals surface area (Å²) in [4.78, 5) is 14.4. The van der Waals surface area contributed by atoms with Gasteiger partial charge in [0.2, 0.25) is 0 Å². The molecule has 1 atom stereocenters. The highest BCUT2D eigenvalue weighted by molar-refractivity contribution is 5.74. The smallest absolute Gasteiger partial charge is 0.335 e. The van der Waals surface area contributed by atoms with E-state index in [9.17, 15) is 10.1 Å². The van der Waals surface area contributed by atoms with Gasteiger partial charge in [-0.05, 0) is 50.2 Å². The third-order valence-electron chi connectivity index (χ3n) is 4.96. The summed E-state index contributed by atoms with van der Waals surface area (Å²) >= 11 is 0. The number of nitriles is 1. The number of nitrogens with zero attached hydrogens (tertiary/aromatic N) is 2. The van der Waals surface area contributed by atoms with Gasteiger partial charge in [0.25, 0.3) is 0 Å². The molecule has 1 saturated heterocycles. The maximum Gasteiger partial charge on any atom is 0.335 e. The van der Waals surface area contributed by atoms with Crippen LogP contribution in [0.1, 0.15) is 43.7 Å². The Balaban J connectivity index is 1.40. The minimum absolute atomic E-state index is 0.0260. The summed E-state index contributed by atoms with van der Waals surface area (Å²) in [6.07, 6.45) is 3.60. The van der Waals surface area contributed by atoms with Crippen LogP contribution in [0, 0.1) is 17.2 Å². The summed E-state index contributed by atoms with van der Waals surface area (Å²) < 4.78 is 11.2. The Morgan fingerprint density at radius 3 is 2.68 bits per heavy atom. The largest absolute Gasteiger partial charge is 0.460 e. The minimum Gasteiger partial charge on any atom is -0.460 e. The van der Waals surface area contributed by atoms with E-state index < -0.39 is 6.10 Å². The molecule has 1 heterocycles. The van der Waals surface area contributed by atoms with Gasteiger partial charge in [-0.1, -0.05) is 18.2 Å². The van der Waals surface area contributed by atoms with Crippen LogP contribution in [0.2, 0.25) is 0 Å². The highest BCUT2D eigenvalue weighted by Crippen LogP contribution is 2.29. The molecule has 0 amide bonds. The fraction of sp³-hybridized carbons (Fsp3) is 0.600. The van der Waals surface area contributed by atoms with Crippen LogP contribution in [0.3, 0.4) is 0 Å². The number of benzene rings is 1. The third kappa shape index (κ3) is 5.29. The molecule has 0 N–H and O–H groups in total. The van der Waals surface area contributed by atoms with E-state index >= 15 is 0 Å². The number of likely N-dealkylation sites (tertiary alicyclic amines) is 1. The molecule has 134 valence electrons. The molecular formula is C20H26N2O3. The van der Waals surface area contributed by atoms with E-state index in [0.717, 1.165) is 43.6 Å². The molecule has 5 nitrogen and oxygen atoms in total. The van der Waals surface area contributed by atoms with Gasteiger partial charge in [0.05, 0.1) is 18.2 Å². The molecule has 5 heteroatoms. The predicted molar refractivity (Wildman–Crippen MR) is 93.7 cm³/mol. The Bertz CT molecular complexity index is 628. The summed E-state index contributed by atoms with van der Waals surface area (Å²) in [6.45, 7) is 4.96. The summed E-state index contributed by atoms with van der Waals surface area (Å²) in [5, 5.41) is 9.19. The first-order valence-electron chi connectivity index (χ1n) is 9.18. The zero-order chi connectivity index (χ0) is 17.6. The molecule has 0 unspecified atom stereocenters. The lowest BCUT2D eigenvalue weighted by molar-refractivity contribution is -0.164. The number of ether oxygens (including phenoxy) is 2. The highest BCUT2D eigenvalue weighted by atomic mass is 16.6. The molecule has 2 fully saturated rings. The molecule has 2 aliphatic rings. The van der Waals surface area contributed by atoms with E-state index in [0.29, 0.717) is 12.5 Å². The van der Waals surface area contributed by atoms with Gasteiger partial charge in [-0.25, -0.2) is 4.79 Å². The number of hydrogen-bond acceptors (Lipinski definition) is 5. The third-order valence-corrected chi connectivity index (χ3v) is 4.96. The zero-order valence-electron chi connectivity index (χ0n) is 14.8. The molecule has 0 bridgehead atoms. The number of hydrogen-bond donors (Lipinski definition) is 0. The van der Waals surface area contributed by atoms with Crippen LogP contribution in [0.4, 0.5) is 0 Å². The summed E-state index contributed by atoms with van der Waals surface area (Å²) in [6, 6.07) is 9.96. The number of esters is 1. The van der Waals surface area contributed by atoms with Crippen LogP contribution < -0.4 is 0 Å². The van der Waals surface area contributed by atoms with Crippen LogP contribution >= 0.6 is 0 Å². The van der Waals surface area contributed by atoms with Crippen LogP contribution in [-0.4, -0.2) is 42.8 Å². The van der Waals surface area contributed by atoms with Crippen molar-refractivity contribution in [3.05, 3.63) is 35.4 Å². The Hall–Kier alpha value is -1.90. The second-order valence-corrected chi connectivity index (χ2v) is 7.10. The topological polar surface area (TPSA) is 62.6 Å². The van der Waals surface area contributed by atoms with Gasteiger partial charge >= 0.3 is 5.97 Å². The summed E-state index contributed by atoms with van der Waals surface area (Å²) in [5.74, 6) is 0.406. The lowest BCUT2D eigenvalue weighted by Gasteiger charge is -2.32. The number of carbonyl (C=O) groups is 1. The molecule has 0 radical (unpaired) electrons. The lowest BCUT2D eigenvalue weighted by atomic mass is 10.0. The normalized spacial score (nSPS) is 20.0. The molecule has 1 aromatic rings. The molecule has 1 aliphatic heterocycles. The van der Waals surface area contributed by atoms with Crippen molar-refractivity contribution in [1.29, 1.82) is 5.26 Å². The van der Waals surface area contributed by atoms with Gasteiger partial charge in [0.15, 0.2) is 6.10 Å². The lowest BCUT2D eigenvalue weighted by Crippen LogP contribution is -2.39. The van der Waals surface area contributed by atoms with E-state index in [1.807, 2.05) is 24.3 Å². The first-order valence-corrected chi connectivity index (χ1v) is 9.18. The standard InChI is InChI=1S/C20H26N2O3/c1-15(24-14-16-6-7-16)20(23)25-19-8-10-22(11-9-19)13-18-5-3-2-4-17(18)12-21/h2-5,15-16,19H,6-11,13-14H2,1H3/t15-/m0/s1. The van der Waals surface area contributed by atoms with Gasteiger partial charge < -0.3 is 9.47 Å². The van der Waals surface area contributed by atoms with Crippen molar-refractivity contribution >= 4 is 5.97 Å². The monoisotopic (exact) mass is 342 g/mol. The number of piperidine rings is 1. The van der Waals surface area contributed by atoms with Gasteiger partial charge in [-0.15, -0.1) is 0 Å². The van der Waals surface area contributed by atoms with E-state index in [4.69, 9.17) is 9.47 Å².